The number of hydrogen-bond acceptors (Lipinski definition) is 2. The third kappa shape index (κ3) is 6.62. The Bertz CT molecular complexity index is 105. The normalized spacial score (nSPS) is 12.5. The maximum Gasteiger partial charge on any atom is 0.0109 e. The Morgan fingerprint density at radius 1 is 1.17 bits per heavy atom. The molecule has 0 unspecified atom stereocenters. The molecule has 0 saturated heterocycles. The first-order valence-corrected chi connectivity index (χ1v) is 5.01. The van der Waals surface area contributed by atoms with E-state index in [-0.39, 0.29) is 5.54 Å². The summed E-state index contributed by atoms with van der Waals surface area (Å²) in [6, 6.07) is 0. The Balaban J connectivity index is 3.58. The van der Waals surface area contributed by atoms with Crippen molar-refractivity contribution in [3.63, 3.8) is 0 Å². The minimum atomic E-state index is -0.0127. The fraction of sp³-hybridized carbons (Fsp3) is 1.00. The number of nitrogens with zero attached hydrogens (tertiary/aromatic N) is 1. The molecule has 0 aromatic carbocycles. The molecule has 0 rings (SSSR count). The smallest absolute Gasteiger partial charge is 0.0109 e. The van der Waals surface area contributed by atoms with Crippen molar-refractivity contribution in [3.8, 4) is 0 Å². The first-order valence-electron chi connectivity index (χ1n) is 5.01. The fourth-order valence-electron chi connectivity index (χ4n) is 1.19. The highest BCUT2D eigenvalue weighted by Crippen LogP contribution is 2.05. The predicted octanol–water partition coefficient (Wildman–Crippen LogP) is 1.85. The molecule has 0 amide bonds. The van der Waals surface area contributed by atoms with Gasteiger partial charge in [0.15, 0.2) is 0 Å². The van der Waals surface area contributed by atoms with Crippen molar-refractivity contribution < 1.29 is 0 Å². The van der Waals surface area contributed by atoms with E-state index in [1.54, 1.807) is 0 Å². The molecule has 0 radical (unpaired) electrons. The number of nitrogens with two attached hydrogens (primary N) is 1. The van der Waals surface area contributed by atoms with Gasteiger partial charge in [0.05, 0.1) is 0 Å². The first-order chi connectivity index (χ1) is 5.49. The van der Waals surface area contributed by atoms with E-state index in [2.05, 4.69) is 32.6 Å². The second kappa shape index (κ2) is 5.55. The van der Waals surface area contributed by atoms with Gasteiger partial charge in [0, 0.05) is 5.54 Å². The molecule has 0 heterocycles. The monoisotopic (exact) mass is 172 g/mol. The zero-order chi connectivity index (χ0) is 9.61. The van der Waals surface area contributed by atoms with Crippen molar-refractivity contribution in [1.29, 1.82) is 0 Å². The van der Waals surface area contributed by atoms with Crippen LogP contribution in [0.1, 0.15) is 40.5 Å². The topological polar surface area (TPSA) is 29.3 Å². The van der Waals surface area contributed by atoms with Crippen molar-refractivity contribution >= 4 is 0 Å². The van der Waals surface area contributed by atoms with Crippen LogP contribution in [-0.2, 0) is 0 Å². The van der Waals surface area contributed by atoms with E-state index < -0.39 is 0 Å². The summed E-state index contributed by atoms with van der Waals surface area (Å²) in [7, 11) is 0. The van der Waals surface area contributed by atoms with Gasteiger partial charge in [-0.2, -0.15) is 0 Å². The van der Waals surface area contributed by atoms with Gasteiger partial charge in [-0.05, 0) is 46.3 Å². The van der Waals surface area contributed by atoms with Crippen molar-refractivity contribution in [3.05, 3.63) is 0 Å². The Morgan fingerprint density at radius 3 is 2.08 bits per heavy atom. The molecule has 0 aromatic heterocycles. The van der Waals surface area contributed by atoms with Crippen molar-refractivity contribution in [1.82, 2.24) is 4.90 Å². The molecule has 0 spiro atoms. The SMILES string of the molecule is CCCN(CC)CCC(C)(C)N. The van der Waals surface area contributed by atoms with Gasteiger partial charge in [-0.1, -0.05) is 13.8 Å². The van der Waals surface area contributed by atoms with E-state index in [4.69, 9.17) is 5.73 Å². The van der Waals surface area contributed by atoms with Crippen LogP contribution in [0.4, 0.5) is 0 Å². The van der Waals surface area contributed by atoms with E-state index in [1.165, 1.54) is 13.0 Å². The average Bonchev–Trinajstić information content (AvgIpc) is 1.96. The maximum atomic E-state index is 5.91. The molecular weight excluding hydrogens is 148 g/mol. The van der Waals surface area contributed by atoms with Crippen LogP contribution in [0.2, 0.25) is 0 Å². The molecule has 0 atom stereocenters. The molecule has 0 aliphatic carbocycles. The second-order valence-electron chi connectivity index (χ2n) is 4.17. The molecule has 0 bridgehead atoms. The summed E-state index contributed by atoms with van der Waals surface area (Å²) in [5.41, 5.74) is 5.90. The van der Waals surface area contributed by atoms with E-state index in [1.807, 2.05) is 0 Å². The van der Waals surface area contributed by atoms with Crippen LogP contribution in [0.15, 0.2) is 0 Å². The van der Waals surface area contributed by atoms with Gasteiger partial charge in [0.25, 0.3) is 0 Å². The number of hydrogen-bond donors (Lipinski definition) is 1. The molecule has 0 aliphatic heterocycles. The minimum absolute atomic E-state index is 0.0127. The molecule has 2 nitrogen and oxygen atoms in total. The summed E-state index contributed by atoms with van der Waals surface area (Å²) in [4.78, 5) is 2.45. The maximum absolute atomic E-state index is 5.91. The van der Waals surface area contributed by atoms with Crippen LogP contribution < -0.4 is 5.73 Å². The van der Waals surface area contributed by atoms with Gasteiger partial charge in [-0.3, -0.25) is 0 Å². The Labute approximate surface area is 77.1 Å². The van der Waals surface area contributed by atoms with Gasteiger partial charge >= 0.3 is 0 Å². The predicted molar refractivity (Wildman–Crippen MR) is 55.3 cm³/mol. The summed E-state index contributed by atoms with van der Waals surface area (Å²) < 4.78 is 0. The van der Waals surface area contributed by atoms with Crippen LogP contribution in [-0.4, -0.2) is 30.1 Å². The quantitative estimate of drug-likeness (QED) is 0.662. The molecule has 0 aromatic rings. The highest BCUT2D eigenvalue weighted by molar-refractivity contribution is 4.73. The average molecular weight is 172 g/mol. The largest absolute Gasteiger partial charge is 0.326 e. The van der Waals surface area contributed by atoms with Gasteiger partial charge in [-0.25, -0.2) is 0 Å². The molecule has 74 valence electrons. The number of rotatable bonds is 6. The van der Waals surface area contributed by atoms with Gasteiger partial charge in [-0.15, -0.1) is 0 Å². The first kappa shape index (κ1) is 11.9. The van der Waals surface area contributed by atoms with E-state index >= 15 is 0 Å². The van der Waals surface area contributed by atoms with Crippen LogP contribution in [0.25, 0.3) is 0 Å². The summed E-state index contributed by atoms with van der Waals surface area (Å²) in [6.45, 7) is 12.1. The third-order valence-electron chi connectivity index (χ3n) is 2.06. The molecule has 0 aliphatic rings. The lowest BCUT2D eigenvalue weighted by Gasteiger charge is -2.25. The zero-order valence-electron chi connectivity index (χ0n) is 9.06. The van der Waals surface area contributed by atoms with Crippen LogP contribution in [0.3, 0.4) is 0 Å². The minimum Gasteiger partial charge on any atom is -0.326 e. The summed E-state index contributed by atoms with van der Waals surface area (Å²) in [5, 5.41) is 0. The van der Waals surface area contributed by atoms with Crippen molar-refractivity contribution in [2.75, 3.05) is 19.6 Å². The Kier molecular flexibility index (Phi) is 5.51. The molecule has 2 N–H and O–H groups in total. The Hall–Kier alpha value is -0.0800. The van der Waals surface area contributed by atoms with Crippen LogP contribution in [0.5, 0.6) is 0 Å². The molecule has 12 heavy (non-hydrogen) atoms. The molecule has 0 saturated carbocycles. The zero-order valence-corrected chi connectivity index (χ0v) is 9.06. The van der Waals surface area contributed by atoms with Gasteiger partial charge in [0.1, 0.15) is 0 Å². The van der Waals surface area contributed by atoms with Gasteiger partial charge in [0.2, 0.25) is 0 Å². The lowest BCUT2D eigenvalue weighted by atomic mass is 10.0. The molecular formula is C10H24N2. The molecule has 2 heteroatoms. The second-order valence-corrected chi connectivity index (χ2v) is 4.17. The van der Waals surface area contributed by atoms with Crippen LogP contribution >= 0.6 is 0 Å². The van der Waals surface area contributed by atoms with E-state index in [0.29, 0.717) is 0 Å². The summed E-state index contributed by atoms with van der Waals surface area (Å²) >= 11 is 0. The standard InChI is InChI=1S/C10H24N2/c1-5-8-12(6-2)9-7-10(3,4)11/h5-9,11H2,1-4H3. The lowest BCUT2D eigenvalue weighted by molar-refractivity contribution is 0.260. The lowest BCUT2D eigenvalue weighted by Crippen LogP contribution is -2.37. The van der Waals surface area contributed by atoms with E-state index in [0.717, 1.165) is 19.5 Å². The summed E-state index contributed by atoms with van der Waals surface area (Å²) in [6.07, 6.45) is 2.32. The van der Waals surface area contributed by atoms with Crippen molar-refractivity contribution in [2.45, 2.75) is 46.1 Å². The third-order valence-corrected chi connectivity index (χ3v) is 2.06. The van der Waals surface area contributed by atoms with Crippen LogP contribution in [0, 0.1) is 0 Å². The molecule has 0 fully saturated rings. The highest BCUT2D eigenvalue weighted by atomic mass is 15.1. The highest BCUT2D eigenvalue weighted by Gasteiger charge is 2.11. The fourth-order valence-corrected chi connectivity index (χ4v) is 1.19. The summed E-state index contributed by atoms with van der Waals surface area (Å²) in [5.74, 6) is 0. The van der Waals surface area contributed by atoms with Gasteiger partial charge < -0.3 is 10.6 Å². The van der Waals surface area contributed by atoms with Crippen molar-refractivity contribution in [2.24, 2.45) is 5.73 Å². The van der Waals surface area contributed by atoms with E-state index in [9.17, 15) is 0 Å². The Morgan fingerprint density at radius 2 is 1.75 bits per heavy atom.